The Morgan fingerprint density at radius 3 is 2.38 bits per heavy atom. The van der Waals surface area contributed by atoms with Gasteiger partial charge in [-0.3, -0.25) is 0 Å². The van der Waals surface area contributed by atoms with Crippen LogP contribution in [-0.4, -0.2) is 20.2 Å². The SMILES string of the molecule is COC(=O)/C=C/c1ccccc1N=Nc1cc(C(F)(F)F)ccc1OC. The Morgan fingerprint density at radius 1 is 1.04 bits per heavy atom. The van der Waals surface area contributed by atoms with Crippen molar-refractivity contribution in [2.45, 2.75) is 6.18 Å². The lowest BCUT2D eigenvalue weighted by Crippen LogP contribution is -2.04. The highest BCUT2D eigenvalue weighted by atomic mass is 19.4. The lowest BCUT2D eigenvalue weighted by atomic mass is 10.1. The lowest BCUT2D eigenvalue weighted by Gasteiger charge is -2.09. The molecule has 5 nitrogen and oxygen atoms in total. The Hall–Kier alpha value is -3.16. The van der Waals surface area contributed by atoms with E-state index in [1.807, 2.05) is 0 Å². The largest absolute Gasteiger partial charge is 0.494 e. The minimum absolute atomic E-state index is 0.0610. The van der Waals surface area contributed by atoms with Gasteiger partial charge >= 0.3 is 12.1 Å². The molecule has 0 unspecified atom stereocenters. The van der Waals surface area contributed by atoms with E-state index in [2.05, 4.69) is 15.0 Å². The molecule has 0 aliphatic rings. The third kappa shape index (κ3) is 4.92. The van der Waals surface area contributed by atoms with E-state index in [1.54, 1.807) is 24.3 Å². The van der Waals surface area contributed by atoms with Gasteiger partial charge in [0.15, 0.2) is 0 Å². The number of esters is 1. The average Bonchev–Trinajstić information content (AvgIpc) is 2.63. The van der Waals surface area contributed by atoms with Crippen LogP contribution in [0, 0.1) is 0 Å². The first kappa shape index (κ1) is 19.2. The summed E-state index contributed by atoms with van der Waals surface area (Å²) in [4.78, 5) is 11.2. The van der Waals surface area contributed by atoms with Gasteiger partial charge < -0.3 is 9.47 Å². The zero-order valence-corrected chi connectivity index (χ0v) is 13.9. The third-order valence-corrected chi connectivity index (χ3v) is 3.31. The highest BCUT2D eigenvalue weighted by Crippen LogP contribution is 2.37. The predicted octanol–water partition coefficient (Wildman–Crippen LogP) is 5.32. The molecule has 0 saturated carbocycles. The van der Waals surface area contributed by atoms with Crippen molar-refractivity contribution in [3.63, 3.8) is 0 Å². The summed E-state index contributed by atoms with van der Waals surface area (Å²) in [6.07, 6.45) is -1.82. The Morgan fingerprint density at radius 2 is 1.73 bits per heavy atom. The Labute approximate surface area is 147 Å². The number of hydrogen-bond donors (Lipinski definition) is 0. The standard InChI is InChI=1S/C18H15F3N2O3/c1-25-16-9-8-13(18(19,20)21)11-15(16)23-22-14-6-4-3-5-12(14)7-10-17(24)26-2/h3-11H,1-2H3/b10-7+,23-22?. The van der Waals surface area contributed by atoms with Crippen molar-refractivity contribution < 1.29 is 27.4 Å². The maximum atomic E-state index is 12.9. The Balaban J connectivity index is 2.38. The molecule has 8 heteroatoms. The van der Waals surface area contributed by atoms with Gasteiger partial charge in [0.25, 0.3) is 0 Å². The summed E-state index contributed by atoms with van der Waals surface area (Å²) < 4.78 is 48.2. The number of carbonyl (C=O) groups is 1. The minimum Gasteiger partial charge on any atom is -0.494 e. The van der Waals surface area contributed by atoms with E-state index in [9.17, 15) is 18.0 Å². The van der Waals surface area contributed by atoms with E-state index in [1.165, 1.54) is 32.4 Å². The van der Waals surface area contributed by atoms with Crippen LogP contribution in [0.5, 0.6) is 5.75 Å². The van der Waals surface area contributed by atoms with Gasteiger partial charge in [0.05, 0.1) is 25.5 Å². The second-order valence-corrected chi connectivity index (χ2v) is 5.00. The molecular formula is C18H15F3N2O3. The second-order valence-electron chi connectivity index (χ2n) is 5.00. The highest BCUT2D eigenvalue weighted by Gasteiger charge is 2.31. The van der Waals surface area contributed by atoms with E-state index in [4.69, 9.17) is 4.74 Å². The van der Waals surface area contributed by atoms with Crippen molar-refractivity contribution in [3.8, 4) is 5.75 Å². The van der Waals surface area contributed by atoms with Crippen LogP contribution in [0.3, 0.4) is 0 Å². The maximum absolute atomic E-state index is 12.9. The summed E-state index contributed by atoms with van der Waals surface area (Å²) in [6.45, 7) is 0. The molecule has 0 atom stereocenters. The summed E-state index contributed by atoms with van der Waals surface area (Å²) in [7, 11) is 2.58. The lowest BCUT2D eigenvalue weighted by molar-refractivity contribution is -0.137. The number of azo groups is 1. The van der Waals surface area contributed by atoms with Crippen LogP contribution in [0.1, 0.15) is 11.1 Å². The van der Waals surface area contributed by atoms with E-state index < -0.39 is 17.7 Å². The molecule has 0 aliphatic carbocycles. The number of nitrogens with zero attached hydrogens (tertiary/aromatic N) is 2. The fourth-order valence-electron chi connectivity index (χ4n) is 2.00. The van der Waals surface area contributed by atoms with Crippen LogP contribution in [0.4, 0.5) is 24.5 Å². The minimum atomic E-state index is -4.50. The van der Waals surface area contributed by atoms with Gasteiger partial charge in [-0.15, -0.1) is 10.2 Å². The molecule has 0 saturated heterocycles. The zero-order chi connectivity index (χ0) is 19.2. The number of hydrogen-bond acceptors (Lipinski definition) is 5. The fourth-order valence-corrected chi connectivity index (χ4v) is 2.00. The normalized spacial score (nSPS) is 11.9. The van der Waals surface area contributed by atoms with Crippen molar-refractivity contribution in [1.82, 2.24) is 0 Å². The molecule has 0 spiro atoms. The quantitative estimate of drug-likeness (QED) is 0.410. The van der Waals surface area contributed by atoms with E-state index >= 15 is 0 Å². The first-order valence-corrected chi connectivity index (χ1v) is 7.37. The summed E-state index contributed by atoms with van der Waals surface area (Å²) >= 11 is 0. The number of methoxy groups -OCH3 is 2. The first-order valence-electron chi connectivity index (χ1n) is 7.37. The molecule has 0 amide bonds. The van der Waals surface area contributed by atoms with Crippen molar-refractivity contribution >= 4 is 23.4 Å². The number of rotatable bonds is 5. The zero-order valence-electron chi connectivity index (χ0n) is 13.9. The van der Waals surface area contributed by atoms with E-state index in [0.717, 1.165) is 12.1 Å². The molecule has 0 heterocycles. The molecule has 136 valence electrons. The van der Waals surface area contributed by atoms with Crippen LogP contribution in [0.25, 0.3) is 6.08 Å². The van der Waals surface area contributed by atoms with Crippen LogP contribution in [0.2, 0.25) is 0 Å². The number of alkyl halides is 3. The molecule has 2 rings (SSSR count). The molecule has 0 N–H and O–H groups in total. The topological polar surface area (TPSA) is 60.2 Å². The van der Waals surface area contributed by atoms with Gasteiger partial charge in [-0.05, 0) is 30.3 Å². The molecule has 0 aliphatic heterocycles. The van der Waals surface area contributed by atoms with Gasteiger partial charge in [-0.2, -0.15) is 13.2 Å². The maximum Gasteiger partial charge on any atom is 0.416 e. The second kappa shape index (κ2) is 8.28. The molecular weight excluding hydrogens is 349 g/mol. The highest BCUT2D eigenvalue weighted by molar-refractivity contribution is 5.88. The molecule has 0 fully saturated rings. The van der Waals surface area contributed by atoms with Gasteiger partial charge in [-0.25, -0.2) is 4.79 Å². The van der Waals surface area contributed by atoms with Crippen molar-refractivity contribution in [1.29, 1.82) is 0 Å². The van der Waals surface area contributed by atoms with Crippen LogP contribution in [0.15, 0.2) is 58.8 Å². The summed E-state index contributed by atoms with van der Waals surface area (Å²) in [5.74, 6) is -0.388. The molecule has 2 aromatic carbocycles. The molecule has 0 aromatic heterocycles. The number of ether oxygens (including phenoxy) is 2. The molecule has 26 heavy (non-hydrogen) atoms. The average molecular weight is 364 g/mol. The monoisotopic (exact) mass is 364 g/mol. The Bertz CT molecular complexity index is 846. The number of carbonyl (C=O) groups excluding carboxylic acids is 1. The first-order chi connectivity index (χ1) is 12.3. The molecule has 2 aromatic rings. The predicted molar refractivity (Wildman–Crippen MR) is 89.7 cm³/mol. The van der Waals surface area contributed by atoms with Crippen LogP contribution < -0.4 is 4.74 Å². The van der Waals surface area contributed by atoms with Gasteiger partial charge in [0.2, 0.25) is 0 Å². The van der Waals surface area contributed by atoms with E-state index in [-0.39, 0.29) is 11.4 Å². The number of benzene rings is 2. The summed E-state index contributed by atoms with van der Waals surface area (Å²) in [6, 6.07) is 9.64. The van der Waals surface area contributed by atoms with Crippen molar-refractivity contribution in [3.05, 3.63) is 59.7 Å². The van der Waals surface area contributed by atoms with Crippen molar-refractivity contribution in [2.75, 3.05) is 14.2 Å². The molecule has 0 radical (unpaired) electrons. The smallest absolute Gasteiger partial charge is 0.416 e. The fraction of sp³-hybridized carbons (Fsp3) is 0.167. The third-order valence-electron chi connectivity index (χ3n) is 3.31. The van der Waals surface area contributed by atoms with Crippen LogP contribution in [-0.2, 0) is 15.7 Å². The van der Waals surface area contributed by atoms with Crippen LogP contribution >= 0.6 is 0 Å². The summed E-state index contributed by atoms with van der Waals surface area (Å²) in [5, 5.41) is 7.87. The number of halogens is 3. The summed E-state index contributed by atoms with van der Waals surface area (Å²) in [5.41, 5.74) is -0.0000848. The van der Waals surface area contributed by atoms with Gasteiger partial charge in [-0.1, -0.05) is 18.2 Å². The molecule has 0 bridgehead atoms. The van der Waals surface area contributed by atoms with Crippen molar-refractivity contribution in [2.24, 2.45) is 10.2 Å². The van der Waals surface area contributed by atoms with E-state index in [0.29, 0.717) is 11.3 Å². The van der Waals surface area contributed by atoms with Gasteiger partial charge in [0.1, 0.15) is 11.4 Å². The van der Waals surface area contributed by atoms with Gasteiger partial charge in [0, 0.05) is 11.6 Å². The Kier molecular flexibility index (Phi) is 6.11.